The van der Waals surface area contributed by atoms with Crippen LogP contribution in [0.3, 0.4) is 0 Å². The Kier molecular flexibility index (Phi) is 5.18. The van der Waals surface area contributed by atoms with Crippen molar-refractivity contribution in [3.05, 3.63) is 88.0 Å². The van der Waals surface area contributed by atoms with Crippen LogP contribution in [0.1, 0.15) is 21.5 Å². The molecule has 0 fully saturated rings. The number of para-hydroxylation sites is 2. The van der Waals surface area contributed by atoms with Gasteiger partial charge in [-0.3, -0.25) is 4.79 Å². The minimum atomic E-state index is -4.91. The second-order valence-corrected chi connectivity index (χ2v) is 8.86. The molecule has 0 saturated heterocycles. The van der Waals surface area contributed by atoms with E-state index in [4.69, 9.17) is 13.6 Å². The van der Waals surface area contributed by atoms with Crippen LogP contribution in [-0.2, 0) is 5.41 Å². The van der Waals surface area contributed by atoms with Gasteiger partial charge in [0, 0.05) is 37.0 Å². The molecule has 0 radical (unpaired) electrons. The van der Waals surface area contributed by atoms with Gasteiger partial charge in [-0.25, -0.2) is 4.79 Å². The fraction of sp³-hybridized carbons (Fsp3) is 0.231. The third-order valence-corrected chi connectivity index (χ3v) is 6.67. The first-order valence-corrected chi connectivity index (χ1v) is 11.4. The third kappa shape index (κ3) is 3.96. The summed E-state index contributed by atoms with van der Waals surface area (Å²) in [5.74, 6) is -1.42. The molecule has 37 heavy (non-hydrogen) atoms. The van der Waals surface area contributed by atoms with Gasteiger partial charge in [0.1, 0.15) is 18.1 Å². The normalized spacial score (nSPS) is 18.1. The number of hydrogen-bond acceptors (Lipinski definition) is 7. The predicted molar refractivity (Wildman–Crippen MR) is 125 cm³/mol. The number of anilines is 1. The highest BCUT2D eigenvalue weighted by Crippen LogP contribution is 2.52. The Labute approximate surface area is 207 Å². The van der Waals surface area contributed by atoms with E-state index in [1.165, 1.54) is 18.2 Å². The van der Waals surface area contributed by atoms with Crippen molar-refractivity contribution in [3.63, 3.8) is 0 Å². The summed E-state index contributed by atoms with van der Waals surface area (Å²) in [6, 6.07) is 16.4. The summed E-state index contributed by atoms with van der Waals surface area (Å²) in [6.07, 6.45) is -4.91. The van der Waals surface area contributed by atoms with E-state index in [0.717, 1.165) is 22.9 Å². The van der Waals surface area contributed by atoms with Crippen LogP contribution in [-0.4, -0.2) is 38.5 Å². The Balaban J connectivity index is 1.23. The van der Waals surface area contributed by atoms with E-state index in [9.17, 15) is 22.8 Å². The Morgan fingerprint density at radius 2 is 1.76 bits per heavy atom. The molecule has 0 bridgehead atoms. The van der Waals surface area contributed by atoms with Gasteiger partial charge in [-0.1, -0.05) is 30.3 Å². The first-order valence-electron chi connectivity index (χ1n) is 11.4. The van der Waals surface area contributed by atoms with E-state index < -0.39 is 29.3 Å². The summed E-state index contributed by atoms with van der Waals surface area (Å²) >= 11 is 0. The third-order valence-electron chi connectivity index (χ3n) is 6.67. The fourth-order valence-corrected chi connectivity index (χ4v) is 5.14. The lowest BCUT2D eigenvalue weighted by atomic mass is 9.78. The summed E-state index contributed by atoms with van der Waals surface area (Å²) in [7, 11) is 0. The predicted octanol–water partition coefficient (Wildman–Crippen LogP) is 4.21. The second kappa shape index (κ2) is 8.32. The van der Waals surface area contributed by atoms with Gasteiger partial charge in [-0.15, -0.1) is 13.2 Å². The van der Waals surface area contributed by atoms with Gasteiger partial charge in [0.05, 0.1) is 11.0 Å². The average Bonchev–Trinajstić information content (AvgIpc) is 3.50. The number of benzene rings is 3. The lowest BCUT2D eigenvalue weighted by Gasteiger charge is -2.25. The molecule has 1 spiro atoms. The van der Waals surface area contributed by atoms with Gasteiger partial charge < -0.3 is 28.5 Å². The van der Waals surface area contributed by atoms with E-state index in [1.54, 1.807) is 12.1 Å². The second-order valence-electron chi connectivity index (χ2n) is 8.86. The molecule has 2 aliphatic heterocycles. The van der Waals surface area contributed by atoms with Crippen molar-refractivity contribution in [2.75, 3.05) is 31.1 Å². The highest BCUT2D eigenvalue weighted by atomic mass is 19.4. The van der Waals surface area contributed by atoms with Crippen LogP contribution in [0.15, 0.2) is 74.3 Å². The van der Waals surface area contributed by atoms with Gasteiger partial charge >= 0.3 is 12.2 Å². The molecule has 1 unspecified atom stereocenters. The number of carbonyl (C=O) groups excluding carboxylic acids is 1. The number of ether oxygens (including phenoxy) is 2. The number of halogens is 3. The first-order chi connectivity index (χ1) is 17.7. The van der Waals surface area contributed by atoms with Crippen LogP contribution in [0.4, 0.5) is 18.9 Å². The summed E-state index contributed by atoms with van der Waals surface area (Å²) in [6.45, 7) is 1.45. The molecule has 190 valence electrons. The molecule has 11 heteroatoms. The van der Waals surface area contributed by atoms with Crippen LogP contribution in [0.25, 0.3) is 11.2 Å². The molecule has 1 N–H and O–H groups in total. The van der Waals surface area contributed by atoms with Gasteiger partial charge in [0.15, 0.2) is 11.2 Å². The van der Waals surface area contributed by atoms with E-state index in [-0.39, 0.29) is 12.1 Å². The van der Waals surface area contributed by atoms with Crippen LogP contribution in [0.5, 0.6) is 11.5 Å². The molecule has 6 rings (SSSR count). The topological polar surface area (TPSA) is 94.2 Å². The maximum atomic E-state index is 12.7. The molecule has 3 heterocycles. The molecule has 1 atom stereocenters. The molecule has 4 aromatic rings. The maximum Gasteiger partial charge on any atom is 0.573 e. The van der Waals surface area contributed by atoms with Crippen molar-refractivity contribution in [3.8, 4) is 11.5 Å². The molecule has 0 aliphatic carbocycles. The standard InChI is InChI=1S/C26H19F3N2O6/c27-26(28,29)37-19-8-4-1-5-15(19)23(32)30-9-10-31-13-25(16-6-2-3-7-18(16)31)14-34-20-12-22-21(11-17(20)25)35-24(33)36-22/h1-8,11-12H,9-10,13-14H2,(H,30,32). The Bertz CT molecular complexity index is 1580. The summed E-state index contributed by atoms with van der Waals surface area (Å²) in [4.78, 5) is 26.3. The van der Waals surface area contributed by atoms with E-state index in [2.05, 4.69) is 15.0 Å². The number of nitrogens with zero attached hydrogens (tertiary/aromatic N) is 1. The number of alkyl halides is 3. The van der Waals surface area contributed by atoms with E-state index in [0.29, 0.717) is 36.6 Å². The summed E-state index contributed by atoms with van der Waals surface area (Å²) in [5, 5.41) is 2.69. The van der Waals surface area contributed by atoms with Crippen LogP contribution < -0.4 is 25.5 Å². The zero-order valence-electron chi connectivity index (χ0n) is 19.1. The molecule has 2 aliphatic rings. The first kappa shape index (κ1) is 23.0. The van der Waals surface area contributed by atoms with Gasteiger partial charge in [-0.2, -0.15) is 0 Å². The summed E-state index contributed by atoms with van der Waals surface area (Å²) < 4.78 is 58.4. The number of fused-ring (bicyclic) bond motifs is 5. The lowest BCUT2D eigenvalue weighted by molar-refractivity contribution is -0.274. The minimum Gasteiger partial charge on any atom is -0.492 e. The molecule has 8 nitrogen and oxygen atoms in total. The molecule has 1 amide bonds. The van der Waals surface area contributed by atoms with Crippen LogP contribution >= 0.6 is 0 Å². The van der Waals surface area contributed by atoms with Crippen molar-refractivity contribution in [2.24, 2.45) is 0 Å². The molecular formula is C26H19F3N2O6. The summed E-state index contributed by atoms with van der Waals surface area (Å²) in [5.41, 5.74) is 2.73. The number of amides is 1. The SMILES string of the molecule is O=C(NCCN1CC2(COc3cc4oc(=O)oc4cc32)c2ccccc21)c1ccccc1OC(F)(F)F. The van der Waals surface area contributed by atoms with Crippen molar-refractivity contribution >= 4 is 22.8 Å². The number of rotatable bonds is 5. The zero-order valence-corrected chi connectivity index (χ0v) is 19.1. The molecular weight excluding hydrogens is 493 g/mol. The van der Waals surface area contributed by atoms with Gasteiger partial charge in [0.2, 0.25) is 0 Å². The van der Waals surface area contributed by atoms with E-state index in [1.807, 2.05) is 24.3 Å². The lowest BCUT2D eigenvalue weighted by Crippen LogP contribution is -2.39. The quantitative estimate of drug-likeness (QED) is 0.428. The van der Waals surface area contributed by atoms with Crippen molar-refractivity contribution in [1.29, 1.82) is 0 Å². The van der Waals surface area contributed by atoms with E-state index >= 15 is 0 Å². The minimum absolute atomic E-state index is 0.174. The van der Waals surface area contributed by atoms with Crippen LogP contribution in [0.2, 0.25) is 0 Å². The Morgan fingerprint density at radius 1 is 1.03 bits per heavy atom. The molecule has 3 aromatic carbocycles. The highest BCUT2D eigenvalue weighted by Gasteiger charge is 2.50. The number of carbonyl (C=O) groups is 1. The Hall–Kier alpha value is -4.41. The number of hydrogen-bond donors (Lipinski definition) is 1. The Morgan fingerprint density at radius 3 is 2.57 bits per heavy atom. The largest absolute Gasteiger partial charge is 0.573 e. The van der Waals surface area contributed by atoms with Gasteiger partial charge in [-0.05, 0) is 29.8 Å². The van der Waals surface area contributed by atoms with Crippen molar-refractivity contribution in [2.45, 2.75) is 11.8 Å². The molecule has 0 saturated carbocycles. The highest BCUT2D eigenvalue weighted by molar-refractivity contribution is 5.97. The van der Waals surface area contributed by atoms with Crippen LogP contribution in [0, 0.1) is 0 Å². The van der Waals surface area contributed by atoms with Gasteiger partial charge in [0.25, 0.3) is 5.91 Å². The zero-order chi connectivity index (χ0) is 25.8. The number of nitrogens with one attached hydrogen (secondary N) is 1. The maximum absolute atomic E-state index is 12.7. The van der Waals surface area contributed by atoms with Crippen molar-refractivity contribution < 1.29 is 36.3 Å². The monoisotopic (exact) mass is 512 g/mol. The average molecular weight is 512 g/mol. The smallest absolute Gasteiger partial charge is 0.492 e. The fourth-order valence-electron chi connectivity index (χ4n) is 5.14. The van der Waals surface area contributed by atoms with Crippen molar-refractivity contribution in [1.82, 2.24) is 5.32 Å². The molecule has 1 aromatic heterocycles.